The lowest BCUT2D eigenvalue weighted by atomic mass is 10.2. The topological polar surface area (TPSA) is 80.2 Å². The minimum absolute atomic E-state index is 0.0167. The third-order valence-corrected chi connectivity index (χ3v) is 4.06. The van der Waals surface area contributed by atoms with Crippen molar-refractivity contribution in [2.24, 2.45) is 5.10 Å². The molecule has 2 aromatic rings. The largest absolute Gasteiger partial charge is 0.503 e. The van der Waals surface area contributed by atoms with Crippen LogP contribution in [0.4, 0.5) is 0 Å². The maximum absolute atomic E-state index is 11.7. The van der Waals surface area contributed by atoms with E-state index in [1.54, 1.807) is 24.3 Å². The molecule has 0 saturated heterocycles. The van der Waals surface area contributed by atoms with Crippen LogP contribution in [0.5, 0.6) is 17.2 Å². The zero-order chi connectivity index (χ0) is 18.4. The first-order valence-electron chi connectivity index (χ1n) is 6.87. The highest BCUT2D eigenvalue weighted by Crippen LogP contribution is 2.34. The van der Waals surface area contributed by atoms with Crippen molar-refractivity contribution in [1.29, 1.82) is 0 Å². The van der Waals surface area contributed by atoms with Crippen LogP contribution in [0.3, 0.4) is 0 Å². The van der Waals surface area contributed by atoms with Crippen molar-refractivity contribution in [3.8, 4) is 17.2 Å². The normalized spacial score (nSPS) is 10.7. The lowest BCUT2D eigenvalue weighted by Gasteiger charge is -2.07. The van der Waals surface area contributed by atoms with E-state index < -0.39 is 5.91 Å². The molecule has 25 heavy (non-hydrogen) atoms. The Morgan fingerprint density at radius 2 is 2.08 bits per heavy atom. The van der Waals surface area contributed by atoms with Gasteiger partial charge in [0.1, 0.15) is 5.75 Å². The van der Waals surface area contributed by atoms with Crippen LogP contribution < -0.4 is 14.9 Å². The standard InChI is InChI=1S/C16H13BrCl2N2O4/c1-24-14-5-9(4-11(17)16(14)23)7-20-21-15(22)8-25-13-3-2-10(18)6-12(13)19/h2-7,23H,8H2,1H3,(H,21,22)/b20-7+. The first kappa shape index (κ1) is 19.4. The smallest absolute Gasteiger partial charge is 0.277 e. The molecular weight excluding hydrogens is 435 g/mol. The molecule has 132 valence electrons. The van der Waals surface area contributed by atoms with Crippen molar-refractivity contribution in [3.63, 3.8) is 0 Å². The molecule has 0 aromatic heterocycles. The fourth-order valence-corrected chi connectivity index (χ4v) is 2.69. The lowest BCUT2D eigenvalue weighted by molar-refractivity contribution is -0.123. The molecule has 0 atom stereocenters. The van der Waals surface area contributed by atoms with Gasteiger partial charge >= 0.3 is 0 Å². The van der Waals surface area contributed by atoms with Crippen LogP contribution in [0, 0.1) is 0 Å². The quantitative estimate of drug-likeness (QED) is 0.518. The molecule has 2 rings (SSSR count). The van der Waals surface area contributed by atoms with Gasteiger partial charge in [0.05, 0.1) is 22.8 Å². The van der Waals surface area contributed by atoms with Crippen LogP contribution >= 0.6 is 39.1 Å². The van der Waals surface area contributed by atoms with E-state index in [-0.39, 0.29) is 18.1 Å². The molecule has 0 bridgehead atoms. The average Bonchev–Trinajstić information content (AvgIpc) is 2.57. The number of rotatable bonds is 6. The van der Waals surface area contributed by atoms with E-state index in [0.717, 1.165) is 0 Å². The third-order valence-electron chi connectivity index (χ3n) is 2.93. The van der Waals surface area contributed by atoms with Gasteiger partial charge in [-0.2, -0.15) is 5.10 Å². The number of hydrogen-bond donors (Lipinski definition) is 2. The highest BCUT2D eigenvalue weighted by Gasteiger charge is 2.08. The molecule has 0 unspecified atom stereocenters. The summed E-state index contributed by atoms with van der Waals surface area (Å²) in [5, 5.41) is 14.3. The number of aromatic hydroxyl groups is 1. The zero-order valence-electron chi connectivity index (χ0n) is 12.9. The van der Waals surface area contributed by atoms with Crippen LogP contribution in [-0.4, -0.2) is 30.9 Å². The second-order valence-corrected chi connectivity index (χ2v) is 6.41. The van der Waals surface area contributed by atoms with Crippen molar-refractivity contribution in [2.75, 3.05) is 13.7 Å². The van der Waals surface area contributed by atoms with Gasteiger partial charge in [-0.15, -0.1) is 0 Å². The summed E-state index contributed by atoms with van der Waals surface area (Å²) in [6.07, 6.45) is 1.40. The molecule has 0 fully saturated rings. The van der Waals surface area contributed by atoms with Crippen LogP contribution in [0.1, 0.15) is 5.56 Å². The Bertz CT molecular complexity index is 815. The van der Waals surface area contributed by atoms with E-state index in [0.29, 0.717) is 25.8 Å². The molecule has 0 aliphatic carbocycles. The summed E-state index contributed by atoms with van der Waals surface area (Å²) in [6.45, 7) is -0.263. The molecule has 2 aromatic carbocycles. The second kappa shape index (κ2) is 8.94. The predicted molar refractivity (Wildman–Crippen MR) is 100 cm³/mol. The molecule has 0 saturated carbocycles. The minimum atomic E-state index is -0.466. The number of phenols is 1. The van der Waals surface area contributed by atoms with Crippen molar-refractivity contribution >= 4 is 51.3 Å². The number of nitrogens with one attached hydrogen (secondary N) is 1. The first-order valence-corrected chi connectivity index (χ1v) is 8.42. The van der Waals surface area contributed by atoms with Crippen LogP contribution in [-0.2, 0) is 4.79 Å². The number of hydrazone groups is 1. The fourth-order valence-electron chi connectivity index (χ4n) is 1.77. The van der Waals surface area contributed by atoms with Gasteiger partial charge in [0.2, 0.25) is 0 Å². The molecule has 0 radical (unpaired) electrons. The number of carbonyl (C=O) groups is 1. The number of phenolic OH excluding ortho intramolecular Hbond substituents is 1. The maximum Gasteiger partial charge on any atom is 0.277 e. The molecule has 0 spiro atoms. The summed E-state index contributed by atoms with van der Waals surface area (Å²) in [6, 6.07) is 7.89. The van der Waals surface area contributed by atoms with E-state index in [1.807, 2.05) is 0 Å². The van der Waals surface area contributed by atoms with Gasteiger partial charge in [-0.1, -0.05) is 23.2 Å². The van der Waals surface area contributed by atoms with Gasteiger partial charge in [-0.3, -0.25) is 4.79 Å². The number of halogens is 3. The first-order chi connectivity index (χ1) is 11.9. The van der Waals surface area contributed by atoms with Crippen molar-refractivity contribution in [2.45, 2.75) is 0 Å². The van der Waals surface area contributed by atoms with Gasteiger partial charge < -0.3 is 14.6 Å². The number of amides is 1. The number of nitrogens with zero attached hydrogens (tertiary/aromatic N) is 1. The van der Waals surface area contributed by atoms with Crippen LogP contribution in [0.25, 0.3) is 0 Å². The highest BCUT2D eigenvalue weighted by molar-refractivity contribution is 9.10. The molecule has 9 heteroatoms. The Labute approximate surface area is 162 Å². The van der Waals surface area contributed by atoms with Crippen LogP contribution in [0.2, 0.25) is 10.0 Å². The lowest BCUT2D eigenvalue weighted by Crippen LogP contribution is -2.24. The Morgan fingerprint density at radius 3 is 2.76 bits per heavy atom. The van der Waals surface area contributed by atoms with Crippen LogP contribution in [0.15, 0.2) is 39.9 Å². The zero-order valence-corrected chi connectivity index (χ0v) is 16.0. The Morgan fingerprint density at radius 1 is 1.32 bits per heavy atom. The minimum Gasteiger partial charge on any atom is -0.503 e. The molecule has 0 aliphatic rings. The van der Waals surface area contributed by atoms with Crippen molar-refractivity contribution in [3.05, 3.63) is 50.4 Å². The molecule has 2 N–H and O–H groups in total. The predicted octanol–water partition coefficient (Wildman–Crippen LogP) is 4.00. The van der Waals surface area contributed by atoms with E-state index in [4.69, 9.17) is 32.7 Å². The van der Waals surface area contributed by atoms with Gasteiger partial charge in [0.15, 0.2) is 18.1 Å². The highest BCUT2D eigenvalue weighted by atomic mass is 79.9. The molecule has 0 heterocycles. The van der Waals surface area contributed by atoms with Gasteiger partial charge in [-0.25, -0.2) is 5.43 Å². The maximum atomic E-state index is 11.7. The summed E-state index contributed by atoms with van der Waals surface area (Å²) in [7, 11) is 1.43. The number of carbonyl (C=O) groups excluding carboxylic acids is 1. The third kappa shape index (κ3) is 5.52. The summed E-state index contributed by atoms with van der Waals surface area (Å²) >= 11 is 14.9. The van der Waals surface area contributed by atoms with E-state index in [1.165, 1.54) is 19.4 Å². The number of hydrogen-bond acceptors (Lipinski definition) is 5. The van der Waals surface area contributed by atoms with E-state index in [2.05, 4.69) is 26.5 Å². The summed E-state index contributed by atoms with van der Waals surface area (Å²) < 4.78 is 10.8. The van der Waals surface area contributed by atoms with Gasteiger partial charge in [0.25, 0.3) is 5.91 Å². The Hall–Kier alpha value is -1.96. The SMILES string of the molecule is COc1cc(/C=N/NC(=O)COc2ccc(Cl)cc2Cl)cc(Br)c1O. The summed E-state index contributed by atoms with van der Waals surface area (Å²) in [5.41, 5.74) is 2.94. The van der Waals surface area contributed by atoms with Gasteiger partial charge in [-0.05, 0) is 51.8 Å². The summed E-state index contributed by atoms with van der Waals surface area (Å²) in [4.78, 5) is 11.7. The fraction of sp³-hybridized carbons (Fsp3) is 0.125. The molecule has 6 nitrogen and oxygen atoms in total. The van der Waals surface area contributed by atoms with Gasteiger partial charge in [0, 0.05) is 5.02 Å². The van der Waals surface area contributed by atoms with Crippen molar-refractivity contribution < 1.29 is 19.4 Å². The molecule has 0 aliphatic heterocycles. The number of benzene rings is 2. The number of methoxy groups -OCH3 is 1. The van der Waals surface area contributed by atoms with E-state index >= 15 is 0 Å². The second-order valence-electron chi connectivity index (χ2n) is 4.71. The Kier molecular flexibility index (Phi) is 6.92. The number of ether oxygens (including phenoxy) is 2. The Balaban J connectivity index is 1.91. The molecular formula is C16H13BrCl2N2O4. The van der Waals surface area contributed by atoms with Crippen molar-refractivity contribution in [1.82, 2.24) is 5.43 Å². The van der Waals surface area contributed by atoms with E-state index in [9.17, 15) is 9.90 Å². The monoisotopic (exact) mass is 446 g/mol. The summed E-state index contributed by atoms with van der Waals surface area (Å²) in [5.74, 6) is 0.143. The molecule has 1 amide bonds. The average molecular weight is 448 g/mol.